The predicted molar refractivity (Wildman–Crippen MR) is 62.2 cm³/mol. The van der Waals surface area contributed by atoms with Crippen molar-refractivity contribution in [2.24, 2.45) is 0 Å². The number of hydrogen-bond donors (Lipinski definition) is 2. The highest BCUT2D eigenvalue weighted by Gasteiger charge is 2.29. The molecule has 0 bridgehead atoms. The van der Waals surface area contributed by atoms with Gasteiger partial charge in [0.05, 0.1) is 11.7 Å². The molecule has 0 saturated carbocycles. The van der Waals surface area contributed by atoms with E-state index in [0.717, 1.165) is 0 Å². The summed E-state index contributed by atoms with van der Waals surface area (Å²) in [6, 6.07) is 5.81. The van der Waals surface area contributed by atoms with Gasteiger partial charge >= 0.3 is 0 Å². The van der Waals surface area contributed by atoms with Gasteiger partial charge in [-0.15, -0.1) is 0 Å². The average Bonchev–Trinajstić information content (AvgIpc) is 2.33. The van der Waals surface area contributed by atoms with Crippen molar-refractivity contribution in [2.75, 3.05) is 24.6 Å². The van der Waals surface area contributed by atoms with Gasteiger partial charge in [0.1, 0.15) is 5.82 Å². The summed E-state index contributed by atoms with van der Waals surface area (Å²) in [6.07, 6.45) is 0.351. The number of rotatable bonds is 3. The Morgan fingerprint density at radius 1 is 1.47 bits per heavy atom. The highest BCUT2D eigenvalue weighted by Crippen LogP contribution is 2.21. The van der Waals surface area contributed by atoms with Crippen molar-refractivity contribution in [1.82, 2.24) is 5.32 Å². The summed E-state index contributed by atoms with van der Waals surface area (Å²) < 4.78 is 13.6. The van der Waals surface area contributed by atoms with E-state index in [1.807, 2.05) is 0 Å². The molecule has 0 aromatic heterocycles. The smallest absolute Gasteiger partial charge is 0.244 e. The van der Waals surface area contributed by atoms with Crippen LogP contribution in [0.15, 0.2) is 24.3 Å². The number of piperazine rings is 1. The molecule has 0 radical (unpaired) electrons. The molecule has 2 rings (SSSR count). The van der Waals surface area contributed by atoms with Gasteiger partial charge in [0.25, 0.3) is 0 Å². The van der Waals surface area contributed by atoms with Crippen molar-refractivity contribution >= 4 is 11.6 Å². The van der Waals surface area contributed by atoms with Crippen LogP contribution in [0.1, 0.15) is 6.42 Å². The van der Waals surface area contributed by atoms with E-state index in [-0.39, 0.29) is 12.5 Å². The number of aliphatic hydroxyl groups excluding tert-OH is 1. The normalized spacial score (nSPS) is 20.7. The third-order valence-electron chi connectivity index (χ3n) is 2.85. The van der Waals surface area contributed by atoms with Crippen LogP contribution in [0.4, 0.5) is 10.1 Å². The lowest BCUT2D eigenvalue weighted by atomic mass is 10.1. The minimum atomic E-state index is -0.423. The topological polar surface area (TPSA) is 52.6 Å². The number of carbonyl (C=O) groups is 1. The Morgan fingerprint density at radius 3 is 2.94 bits per heavy atom. The van der Waals surface area contributed by atoms with Gasteiger partial charge < -0.3 is 15.3 Å². The first-order chi connectivity index (χ1) is 8.24. The number of carbonyl (C=O) groups excluding carboxylic acids is 1. The van der Waals surface area contributed by atoms with Crippen LogP contribution >= 0.6 is 0 Å². The number of amides is 1. The number of anilines is 1. The maximum atomic E-state index is 13.6. The van der Waals surface area contributed by atoms with Crippen LogP contribution in [0.3, 0.4) is 0 Å². The summed E-state index contributed by atoms with van der Waals surface area (Å²) in [5, 5.41) is 11.9. The molecule has 1 atom stereocenters. The van der Waals surface area contributed by atoms with Crippen molar-refractivity contribution in [3.8, 4) is 0 Å². The van der Waals surface area contributed by atoms with E-state index in [1.165, 1.54) is 11.0 Å². The lowest BCUT2D eigenvalue weighted by Crippen LogP contribution is -2.55. The highest BCUT2D eigenvalue weighted by atomic mass is 19.1. The molecule has 1 aromatic carbocycles. The first-order valence-corrected chi connectivity index (χ1v) is 5.64. The number of hydrogen-bond acceptors (Lipinski definition) is 3. The molecule has 0 aliphatic carbocycles. The van der Waals surface area contributed by atoms with Gasteiger partial charge in [0.2, 0.25) is 5.91 Å². The van der Waals surface area contributed by atoms with Gasteiger partial charge in [-0.2, -0.15) is 0 Å². The Morgan fingerprint density at radius 2 is 2.24 bits per heavy atom. The molecule has 4 nitrogen and oxygen atoms in total. The fraction of sp³-hybridized carbons (Fsp3) is 0.417. The van der Waals surface area contributed by atoms with E-state index in [4.69, 9.17) is 5.11 Å². The van der Waals surface area contributed by atoms with Gasteiger partial charge in [0, 0.05) is 19.7 Å². The number of benzene rings is 1. The van der Waals surface area contributed by atoms with Crippen LogP contribution in [-0.2, 0) is 4.79 Å². The van der Waals surface area contributed by atoms with Gasteiger partial charge in [-0.3, -0.25) is 4.79 Å². The molecule has 1 aromatic rings. The summed E-state index contributed by atoms with van der Waals surface area (Å²) in [5.74, 6) is -0.583. The zero-order chi connectivity index (χ0) is 12.3. The van der Waals surface area contributed by atoms with Crippen LogP contribution in [0.25, 0.3) is 0 Å². The molecule has 1 aliphatic rings. The second-order valence-corrected chi connectivity index (χ2v) is 3.96. The van der Waals surface area contributed by atoms with Crippen LogP contribution in [0, 0.1) is 5.82 Å². The minimum absolute atomic E-state index is 0.0610. The van der Waals surface area contributed by atoms with Crippen molar-refractivity contribution in [1.29, 1.82) is 0 Å². The first-order valence-electron chi connectivity index (χ1n) is 5.64. The van der Waals surface area contributed by atoms with Gasteiger partial charge in [-0.05, 0) is 18.6 Å². The first kappa shape index (κ1) is 12.0. The van der Waals surface area contributed by atoms with E-state index < -0.39 is 11.9 Å². The lowest BCUT2D eigenvalue weighted by Gasteiger charge is -2.33. The van der Waals surface area contributed by atoms with Crippen molar-refractivity contribution in [3.05, 3.63) is 30.1 Å². The molecule has 1 amide bonds. The number of halogens is 1. The summed E-state index contributed by atoms with van der Waals surface area (Å²) in [4.78, 5) is 13.5. The Labute approximate surface area is 99.0 Å². The number of nitrogens with one attached hydrogen (secondary N) is 1. The largest absolute Gasteiger partial charge is 0.396 e. The molecule has 1 unspecified atom stereocenters. The molecule has 0 spiro atoms. The number of aliphatic hydroxyl groups is 1. The molecule has 1 saturated heterocycles. The van der Waals surface area contributed by atoms with E-state index in [9.17, 15) is 9.18 Å². The molecule has 2 N–H and O–H groups in total. The second-order valence-electron chi connectivity index (χ2n) is 3.96. The molecule has 1 heterocycles. The van der Waals surface area contributed by atoms with E-state index in [1.54, 1.807) is 18.2 Å². The summed E-state index contributed by atoms with van der Waals surface area (Å²) >= 11 is 0. The number of para-hydroxylation sites is 1. The third-order valence-corrected chi connectivity index (χ3v) is 2.85. The van der Waals surface area contributed by atoms with E-state index >= 15 is 0 Å². The monoisotopic (exact) mass is 238 g/mol. The Bertz CT molecular complexity index is 409. The standard InChI is InChI=1S/C12H15FN2O2/c13-9-3-1-2-4-11(9)15-7-6-14-10(5-8-16)12(15)17/h1-4,10,14,16H,5-8H2. The van der Waals surface area contributed by atoms with Crippen LogP contribution < -0.4 is 10.2 Å². The maximum Gasteiger partial charge on any atom is 0.244 e. The zero-order valence-corrected chi connectivity index (χ0v) is 9.40. The SMILES string of the molecule is O=C1C(CCO)NCCN1c1ccccc1F. The predicted octanol–water partition coefficient (Wildman–Crippen LogP) is 0.513. The fourth-order valence-electron chi connectivity index (χ4n) is 2.00. The Kier molecular flexibility index (Phi) is 3.71. The fourth-order valence-corrected chi connectivity index (χ4v) is 2.00. The summed E-state index contributed by atoms with van der Waals surface area (Å²) in [7, 11) is 0. The quantitative estimate of drug-likeness (QED) is 0.807. The molecular formula is C12H15FN2O2. The third kappa shape index (κ3) is 2.45. The van der Waals surface area contributed by atoms with Crippen molar-refractivity contribution < 1.29 is 14.3 Å². The van der Waals surface area contributed by atoms with Crippen molar-refractivity contribution in [3.63, 3.8) is 0 Å². The van der Waals surface area contributed by atoms with Crippen LogP contribution in [0.5, 0.6) is 0 Å². The highest BCUT2D eigenvalue weighted by molar-refractivity contribution is 5.98. The van der Waals surface area contributed by atoms with Gasteiger partial charge in [-0.25, -0.2) is 4.39 Å². The Balaban J connectivity index is 2.21. The van der Waals surface area contributed by atoms with Crippen LogP contribution in [-0.4, -0.2) is 36.8 Å². The summed E-state index contributed by atoms with van der Waals surface area (Å²) in [5.41, 5.74) is 0.307. The summed E-state index contributed by atoms with van der Waals surface area (Å²) in [6.45, 7) is 0.987. The molecule has 1 fully saturated rings. The van der Waals surface area contributed by atoms with Gasteiger partial charge in [-0.1, -0.05) is 12.1 Å². The van der Waals surface area contributed by atoms with Crippen molar-refractivity contribution in [2.45, 2.75) is 12.5 Å². The average molecular weight is 238 g/mol. The van der Waals surface area contributed by atoms with E-state index in [2.05, 4.69) is 5.32 Å². The molecule has 92 valence electrons. The minimum Gasteiger partial charge on any atom is -0.396 e. The number of nitrogens with zero attached hydrogens (tertiary/aromatic N) is 1. The molecular weight excluding hydrogens is 223 g/mol. The Hall–Kier alpha value is -1.46. The second kappa shape index (κ2) is 5.25. The molecule has 5 heteroatoms. The molecule has 1 aliphatic heterocycles. The lowest BCUT2D eigenvalue weighted by molar-refractivity contribution is -0.122. The molecule has 17 heavy (non-hydrogen) atoms. The maximum absolute atomic E-state index is 13.6. The van der Waals surface area contributed by atoms with Crippen LogP contribution in [0.2, 0.25) is 0 Å². The zero-order valence-electron chi connectivity index (χ0n) is 9.40. The van der Waals surface area contributed by atoms with Gasteiger partial charge in [0.15, 0.2) is 0 Å². The van der Waals surface area contributed by atoms with E-state index in [0.29, 0.717) is 25.2 Å².